The standard InChI is InChI=1S/C28H21BrN2O3S/c1-34-23-9-5-4-8-20(23)26-21-12-10-16-6-2-3-7-19(16)25(21)30-28-31(26)27(33)24(35-28)15-17-14-18(29)11-13-22(17)32/h2-9,11,13-15,26,32H,10,12H2,1H3. The molecule has 0 bridgehead atoms. The summed E-state index contributed by atoms with van der Waals surface area (Å²) in [7, 11) is 1.66. The summed E-state index contributed by atoms with van der Waals surface area (Å²) in [6.45, 7) is 0. The fourth-order valence-electron chi connectivity index (χ4n) is 4.97. The van der Waals surface area contributed by atoms with Gasteiger partial charge >= 0.3 is 0 Å². The van der Waals surface area contributed by atoms with Crippen molar-refractivity contribution >= 4 is 39.0 Å². The van der Waals surface area contributed by atoms with Gasteiger partial charge in [0.05, 0.1) is 23.4 Å². The van der Waals surface area contributed by atoms with Crippen molar-refractivity contribution in [1.82, 2.24) is 4.57 Å². The number of allylic oxidation sites excluding steroid dienone is 1. The quantitative estimate of drug-likeness (QED) is 0.403. The topological polar surface area (TPSA) is 63.8 Å². The van der Waals surface area contributed by atoms with E-state index < -0.39 is 0 Å². The lowest BCUT2D eigenvalue weighted by Gasteiger charge is -2.31. The number of thiazole rings is 1. The number of aromatic hydroxyl groups is 1. The molecule has 2 aliphatic rings. The third kappa shape index (κ3) is 3.66. The Kier molecular flexibility index (Phi) is 5.46. The van der Waals surface area contributed by atoms with Crippen LogP contribution in [0.3, 0.4) is 0 Å². The lowest BCUT2D eigenvalue weighted by molar-refractivity contribution is 0.402. The number of hydrogen-bond donors (Lipinski definition) is 1. The van der Waals surface area contributed by atoms with E-state index in [1.165, 1.54) is 16.9 Å². The first-order valence-corrected chi connectivity index (χ1v) is 12.9. The molecule has 0 fully saturated rings. The van der Waals surface area contributed by atoms with Gasteiger partial charge in [-0.2, -0.15) is 0 Å². The second-order valence-corrected chi connectivity index (χ2v) is 10.5. The first-order chi connectivity index (χ1) is 17.0. The van der Waals surface area contributed by atoms with Crippen LogP contribution in [0.15, 0.2) is 86.6 Å². The van der Waals surface area contributed by atoms with E-state index >= 15 is 0 Å². The molecule has 0 saturated heterocycles. The van der Waals surface area contributed by atoms with Gasteiger partial charge in [0.25, 0.3) is 5.56 Å². The molecular formula is C28H21BrN2O3S. The number of ether oxygens (including phenoxy) is 1. The number of nitrogens with zero attached hydrogens (tertiary/aromatic N) is 2. The summed E-state index contributed by atoms with van der Waals surface area (Å²) >= 11 is 4.79. The molecule has 1 aliphatic heterocycles. The van der Waals surface area contributed by atoms with Crippen LogP contribution < -0.4 is 19.6 Å². The number of phenols is 1. The predicted octanol–water partition coefficient (Wildman–Crippen LogP) is 4.80. The predicted molar refractivity (Wildman–Crippen MR) is 142 cm³/mol. The molecule has 1 atom stereocenters. The number of methoxy groups -OCH3 is 1. The molecular weight excluding hydrogens is 524 g/mol. The molecule has 2 heterocycles. The molecule has 1 unspecified atom stereocenters. The number of aryl methyl sites for hydroxylation is 1. The molecule has 1 aromatic heterocycles. The zero-order valence-electron chi connectivity index (χ0n) is 18.9. The molecule has 0 spiro atoms. The van der Waals surface area contributed by atoms with Gasteiger partial charge in [0.2, 0.25) is 0 Å². The first kappa shape index (κ1) is 22.1. The second kappa shape index (κ2) is 8.66. The molecule has 5 nitrogen and oxygen atoms in total. The normalized spacial score (nSPS) is 16.9. The van der Waals surface area contributed by atoms with Crippen LogP contribution in [0.4, 0.5) is 0 Å². The highest BCUT2D eigenvalue weighted by molar-refractivity contribution is 9.10. The summed E-state index contributed by atoms with van der Waals surface area (Å²) in [5.74, 6) is 0.859. The van der Waals surface area contributed by atoms with E-state index in [0.29, 0.717) is 14.9 Å². The molecule has 35 heavy (non-hydrogen) atoms. The summed E-state index contributed by atoms with van der Waals surface area (Å²) in [6.07, 6.45) is 3.45. The number of hydrogen-bond acceptors (Lipinski definition) is 5. The van der Waals surface area contributed by atoms with Gasteiger partial charge in [-0.05, 0) is 54.3 Å². The average Bonchev–Trinajstić information content (AvgIpc) is 3.19. The summed E-state index contributed by atoms with van der Waals surface area (Å²) < 4.78 is 8.86. The number of para-hydroxylation sites is 1. The third-order valence-electron chi connectivity index (χ3n) is 6.58. The van der Waals surface area contributed by atoms with Crippen LogP contribution in [-0.4, -0.2) is 16.8 Å². The summed E-state index contributed by atoms with van der Waals surface area (Å²) in [5, 5.41) is 10.4. The number of fused-ring (bicyclic) bond motifs is 3. The minimum atomic E-state index is -0.316. The van der Waals surface area contributed by atoms with Crippen LogP contribution in [0.2, 0.25) is 0 Å². The van der Waals surface area contributed by atoms with E-state index in [0.717, 1.165) is 45.5 Å². The summed E-state index contributed by atoms with van der Waals surface area (Å²) in [6, 6.07) is 21.1. The Labute approximate surface area is 214 Å². The Hall–Kier alpha value is -3.42. The number of rotatable bonds is 3. The number of halogens is 1. The van der Waals surface area contributed by atoms with Crippen LogP contribution in [-0.2, 0) is 6.42 Å². The lowest BCUT2D eigenvalue weighted by Crippen LogP contribution is -2.39. The Morgan fingerprint density at radius 1 is 1.11 bits per heavy atom. The van der Waals surface area contributed by atoms with E-state index in [9.17, 15) is 9.90 Å². The second-order valence-electron chi connectivity index (χ2n) is 8.56. The monoisotopic (exact) mass is 544 g/mol. The van der Waals surface area contributed by atoms with Gasteiger partial charge in [0.15, 0.2) is 4.80 Å². The fraction of sp³-hybridized carbons (Fsp3) is 0.143. The van der Waals surface area contributed by atoms with Crippen LogP contribution in [0.25, 0.3) is 11.8 Å². The minimum absolute atomic E-state index is 0.119. The van der Waals surface area contributed by atoms with Crippen LogP contribution >= 0.6 is 27.3 Å². The summed E-state index contributed by atoms with van der Waals surface area (Å²) in [5.41, 5.74) is 5.85. The van der Waals surface area contributed by atoms with Crippen molar-refractivity contribution in [2.45, 2.75) is 18.9 Å². The van der Waals surface area contributed by atoms with Gasteiger partial charge in [-0.3, -0.25) is 9.36 Å². The van der Waals surface area contributed by atoms with Crippen LogP contribution in [0.1, 0.15) is 34.7 Å². The van der Waals surface area contributed by atoms with Crippen molar-refractivity contribution in [3.8, 4) is 11.5 Å². The fourth-order valence-corrected chi connectivity index (χ4v) is 6.34. The van der Waals surface area contributed by atoms with E-state index in [1.807, 2.05) is 30.3 Å². The molecule has 1 N–H and O–H groups in total. The number of benzene rings is 3. The molecule has 4 aromatic rings. The van der Waals surface area contributed by atoms with E-state index in [-0.39, 0.29) is 17.4 Å². The molecule has 1 aliphatic carbocycles. The van der Waals surface area contributed by atoms with Crippen molar-refractivity contribution in [3.63, 3.8) is 0 Å². The zero-order chi connectivity index (χ0) is 24.1. The Balaban J connectivity index is 1.66. The van der Waals surface area contributed by atoms with Gasteiger partial charge < -0.3 is 9.84 Å². The third-order valence-corrected chi connectivity index (χ3v) is 8.06. The van der Waals surface area contributed by atoms with E-state index in [1.54, 1.807) is 36.0 Å². The van der Waals surface area contributed by atoms with Gasteiger partial charge in [-0.1, -0.05) is 69.7 Å². The molecule has 0 amide bonds. The Morgan fingerprint density at radius 3 is 2.77 bits per heavy atom. The van der Waals surface area contributed by atoms with Crippen LogP contribution in [0, 0.1) is 0 Å². The van der Waals surface area contributed by atoms with Gasteiger partial charge in [-0.15, -0.1) is 0 Å². The van der Waals surface area contributed by atoms with Crippen LogP contribution in [0.5, 0.6) is 11.5 Å². The maximum absolute atomic E-state index is 13.8. The Bertz CT molecular complexity index is 1700. The van der Waals surface area contributed by atoms with Gasteiger partial charge in [0.1, 0.15) is 11.5 Å². The molecule has 0 saturated carbocycles. The molecule has 3 aromatic carbocycles. The van der Waals surface area contributed by atoms with Gasteiger partial charge in [0, 0.05) is 21.2 Å². The van der Waals surface area contributed by atoms with Crippen molar-refractivity contribution in [3.05, 3.63) is 119 Å². The molecule has 174 valence electrons. The molecule has 6 rings (SSSR count). The Morgan fingerprint density at radius 2 is 1.91 bits per heavy atom. The van der Waals surface area contributed by atoms with E-state index in [4.69, 9.17) is 9.73 Å². The van der Waals surface area contributed by atoms with Crippen molar-refractivity contribution in [2.75, 3.05) is 7.11 Å². The van der Waals surface area contributed by atoms with Crippen molar-refractivity contribution < 1.29 is 9.84 Å². The smallest absolute Gasteiger partial charge is 0.271 e. The highest BCUT2D eigenvalue weighted by Crippen LogP contribution is 2.43. The first-order valence-electron chi connectivity index (χ1n) is 11.3. The zero-order valence-corrected chi connectivity index (χ0v) is 21.3. The van der Waals surface area contributed by atoms with Crippen molar-refractivity contribution in [2.24, 2.45) is 4.99 Å². The van der Waals surface area contributed by atoms with E-state index in [2.05, 4.69) is 34.1 Å². The lowest BCUT2D eigenvalue weighted by atomic mass is 9.83. The highest BCUT2D eigenvalue weighted by Gasteiger charge is 2.33. The summed E-state index contributed by atoms with van der Waals surface area (Å²) in [4.78, 5) is 19.5. The largest absolute Gasteiger partial charge is 0.507 e. The number of aromatic nitrogens is 1. The number of phenolic OH excluding ortho intramolecular Hbond substituents is 1. The SMILES string of the molecule is COc1ccccc1C1C2=C(N=c3sc(=Cc4cc(Br)ccc4O)c(=O)n31)c1ccccc1CC2. The average molecular weight is 545 g/mol. The maximum Gasteiger partial charge on any atom is 0.271 e. The highest BCUT2D eigenvalue weighted by atomic mass is 79.9. The van der Waals surface area contributed by atoms with Gasteiger partial charge in [-0.25, -0.2) is 4.99 Å². The van der Waals surface area contributed by atoms with Crippen molar-refractivity contribution in [1.29, 1.82) is 0 Å². The molecule has 0 radical (unpaired) electrons. The minimum Gasteiger partial charge on any atom is -0.507 e. The maximum atomic E-state index is 13.8. The molecule has 7 heteroatoms.